The van der Waals surface area contributed by atoms with Crippen LogP contribution in [0.3, 0.4) is 0 Å². The number of nitrogens with one attached hydrogen (secondary N) is 1. The number of hydrogen-bond donors (Lipinski definition) is 1. The lowest BCUT2D eigenvalue weighted by atomic mass is 10.2. The summed E-state index contributed by atoms with van der Waals surface area (Å²) in [5.74, 6) is -0.406. The van der Waals surface area contributed by atoms with Gasteiger partial charge in [-0.3, -0.25) is 4.79 Å². The van der Waals surface area contributed by atoms with E-state index in [0.29, 0.717) is 22.8 Å². The van der Waals surface area contributed by atoms with Gasteiger partial charge in [-0.1, -0.05) is 0 Å². The molecule has 4 rings (SSSR count). The van der Waals surface area contributed by atoms with Gasteiger partial charge in [0.15, 0.2) is 9.84 Å². The molecule has 1 aliphatic carbocycles. The van der Waals surface area contributed by atoms with Crippen LogP contribution in [0.4, 0.5) is 10.2 Å². The smallest absolute Gasteiger partial charge is 0.228 e. The van der Waals surface area contributed by atoms with Gasteiger partial charge in [0.1, 0.15) is 11.6 Å². The summed E-state index contributed by atoms with van der Waals surface area (Å²) in [5.41, 5.74) is 1.55. The monoisotopic (exact) mass is 335 g/mol. The number of fused-ring (bicyclic) bond motifs is 1. The SMILES string of the molecule is O=C(Nc1c2c(nn1-c1ccc(F)cc1)CS(=O)(=O)C2)C1CC1. The number of rotatable bonds is 3. The molecule has 0 unspecified atom stereocenters. The Labute approximate surface area is 132 Å². The van der Waals surface area contributed by atoms with E-state index in [0.717, 1.165) is 12.8 Å². The summed E-state index contributed by atoms with van der Waals surface area (Å²) >= 11 is 0. The van der Waals surface area contributed by atoms with E-state index in [2.05, 4.69) is 10.4 Å². The molecule has 1 fully saturated rings. The summed E-state index contributed by atoms with van der Waals surface area (Å²) in [5, 5.41) is 7.13. The molecule has 1 N–H and O–H groups in total. The normalized spacial score (nSPS) is 18.7. The Bertz CT molecular complexity index is 899. The van der Waals surface area contributed by atoms with Crippen LogP contribution in [0.5, 0.6) is 0 Å². The van der Waals surface area contributed by atoms with Gasteiger partial charge in [0, 0.05) is 11.5 Å². The molecule has 23 heavy (non-hydrogen) atoms. The average molecular weight is 335 g/mol. The highest BCUT2D eigenvalue weighted by Crippen LogP contribution is 2.35. The number of carbonyl (C=O) groups is 1. The lowest BCUT2D eigenvalue weighted by Gasteiger charge is -2.10. The number of benzene rings is 1. The van der Waals surface area contributed by atoms with Crippen LogP contribution >= 0.6 is 0 Å². The Morgan fingerprint density at radius 3 is 2.57 bits per heavy atom. The zero-order valence-electron chi connectivity index (χ0n) is 12.1. The van der Waals surface area contributed by atoms with Gasteiger partial charge >= 0.3 is 0 Å². The van der Waals surface area contributed by atoms with Gasteiger partial charge in [-0.15, -0.1) is 0 Å². The van der Waals surface area contributed by atoms with E-state index in [1.165, 1.54) is 16.8 Å². The zero-order chi connectivity index (χ0) is 16.2. The summed E-state index contributed by atoms with van der Waals surface area (Å²) in [7, 11) is -3.22. The Morgan fingerprint density at radius 1 is 1.22 bits per heavy atom. The molecule has 6 nitrogen and oxygen atoms in total. The second-order valence-corrected chi connectivity index (χ2v) is 8.02. The van der Waals surface area contributed by atoms with Crippen molar-refractivity contribution in [1.29, 1.82) is 0 Å². The first kappa shape index (κ1) is 14.4. The number of sulfone groups is 1. The van der Waals surface area contributed by atoms with Gasteiger partial charge in [0.05, 0.1) is 22.9 Å². The molecule has 1 aliphatic heterocycles. The number of halogens is 1. The van der Waals surface area contributed by atoms with Crippen molar-refractivity contribution in [3.05, 3.63) is 41.3 Å². The van der Waals surface area contributed by atoms with Crippen molar-refractivity contribution in [1.82, 2.24) is 9.78 Å². The van der Waals surface area contributed by atoms with Gasteiger partial charge in [-0.05, 0) is 37.1 Å². The Kier molecular flexibility index (Phi) is 3.06. The predicted molar refractivity (Wildman–Crippen MR) is 81.2 cm³/mol. The van der Waals surface area contributed by atoms with Crippen LogP contribution in [0.15, 0.2) is 24.3 Å². The molecule has 0 atom stereocenters. The predicted octanol–water partition coefficient (Wildman–Crippen LogP) is 1.79. The topological polar surface area (TPSA) is 81.1 Å². The zero-order valence-corrected chi connectivity index (χ0v) is 12.9. The molecule has 1 amide bonds. The summed E-state index contributed by atoms with van der Waals surface area (Å²) < 4.78 is 38.2. The number of nitrogens with zero attached hydrogens (tertiary/aromatic N) is 2. The second kappa shape index (κ2) is 4.89. The summed E-state index contributed by atoms with van der Waals surface area (Å²) in [6.07, 6.45) is 1.69. The van der Waals surface area contributed by atoms with Crippen LogP contribution in [0.25, 0.3) is 5.69 Å². The molecule has 2 aromatic rings. The second-order valence-electron chi connectivity index (χ2n) is 5.96. The van der Waals surface area contributed by atoms with E-state index in [1.807, 2.05) is 0 Å². The molecule has 0 bridgehead atoms. The lowest BCUT2D eigenvalue weighted by Crippen LogP contribution is -2.18. The molecular formula is C15H14FN3O3S. The van der Waals surface area contributed by atoms with E-state index in [4.69, 9.17) is 0 Å². The van der Waals surface area contributed by atoms with Crippen molar-refractivity contribution in [2.45, 2.75) is 24.3 Å². The number of amides is 1. The van der Waals surface area contributed by atoms with Crippen LogP contribution in [-0.4, -0.2) is 24.1 Å². The van der Waals surface area contributed by atoms with E-state index in [9.17, 15) is 17.6 Å². The van der Waals surface area contributed by atoms with Crippen molar-refractivity contribution in [2.75, 3.05) is 5.32 Å². The Morgan fingerprint density at radius 2 is 1.91 bits per heavy atom. The molecule has 1 saturated carbocycles. The van der Waals surface area contributed by atoms with E-state index >= 15 is 0 Å². The van der Waals surface area contributed by atoms with Gasteiger partial charge in [-0.2, -0.15) is 5.10 Å². The molecule has 2 aliphatic rings. The molecule has 1 aromatic heterocycles. The number of carbonyl (C=O) groups excluding carboxylic acids is 1. The number of anilines is 1. The highest BCUT2D eigenvalue weighted by molar-refractivity contribution is 7.90. The van der Waals surface area contributed by atoms with Crippen LogP contribution < -0.4 is 5.32 Å². The maximum atomic E-state index is 13.1. The minimum atomic E-state index is -3.22. The molecule has 1 aromatic carbocycles. The largest absolute Gasteiger partial charge is 0.310 e. The molecule has 0 saturated heterocycles. The van der Waals surface area contributed by atoms with E-state index in [-0.39, 0.29) is 29.1 Å². The van der Waals surface area contributed by atoms with Gasteiger partial charge in [0.2, 0.25) is 5.91 Å². The van der Waals surface area contributed by atoms with Crippen LogP contribution in [0, 0.1) is 11.7 Å². The van der Waals surface area contributed by atoms with Crippen molar-refractivity contribution in [2.24, 2.45) is 5.92 Å². The van der Waals surface area contributed by atoms with E-state index in [1.54, 1.807) is 12.1 Å². The molecule has 2 heterocycles. The molecular weight excluding hydrogens is 321 g/mol. The summed E-state index contributed by atoms with van der Waals surface area (Å²) in [6.45, 7) is 0. The van der Waals surface area contributed by atoms with Gasteiger partial charge in [-0.25, -0.2) is 17.5 Å². The van der Waals surface area contributed by atoms with Gasteiger partial charge in [0.25, 0.3) is 0 Å². The van der Waals surface area contributed by atoms with Crippen molar-refractivity contribution in [3.8, 4) is 5.69 Å². The van der Waals surface area contributed by atoms with E-state index < -0.39 is 9.84 Å². The van der Waals surface area contributed by atoms with Crippen LogP contribution in [0.2, 0.25) is 0 Å². The summed E-state index contributed by atoms with van der Waals surface area (Å²) in [4.78, 5) is 12.1. The number of aromatic nitrogens is 2. The van der Waals surface area contributed by atoms with Crippen molar-refractivity contribution < 1.29 is 17.6 Å². The lowest BCUT2D eigenvalue weighted by molar-refractivity contribution is -0.117. The molecule has 120 valence electrons. The fraction of sp³-hybridized carbons (Fsp3) is 0.333. The molecule has 0 spiro atoms. The fourth-order valence-corrected chi connectivity index (χ4v) is 4.20. The summed E-state index contributed by atoms with van der Waals surface area (Å²) in [6, 6.07) is 5.67. The standard InChI is InChI=1S/C15H14FN3O3S/c16-10-3-5-11(6-4-10)19-14(17-15(20)9-1-2-9)12-7-23(21,22)8-13(12)18-19/h3-6,9H,1-2,7-8H2,(H,17,20). The highest BCUT2D eigenvalue weighted by atomic mass is 32.2. The molecule has 0 radical (unpaired) electrons. The Hall–Kier alpha value is -2.22. The fourth-order valence-electron chi connectivity index (χ4n) is 2.70. The highest BCUT2D eigenvalue weighted by Gasteiger charge is 2.35. The van der Waals surface area contributed by atoms with Crippen LogP contribution in [0.1, 0.15) is 24.1 Å². The minimum absolute atomic E-state index is 0.0137. The van der Waals surface area contributed by atoms with Crippen molar-refractivity contribution >= 4 is 21.6 Å². The maximum Gasteiger partial charge on any atom is 0.228 e. The Balaban J connectivity index is 1.79. The third kappa shape index (κ3) is 2.63. The third-order valence-electron chi connectivity index (χ3n) is 4.05. The first-order valence-electron chi connectivity index (χ1n) is 7.31. The van der Waals surface area contributed by atoms with Crippen molar-refractivity contribution in [3.63, 3.8) is 0 Å². The number of hydrogen-bond acceptors (Lipinski definition) is 4. The average Bonchev–Trinajstić information content (AvgIpc) is 3.23. The first-order valence-corrected chi connectivity index (χ1v) is 9.13. The molecule has 8 heteroatoms. The van der Waals surface area contributed by atoms with Gasteiger partial charge < -0.3 is 5.32 Å². The maximum absolute atomic E-state index is 13.1. The third-order valence-corrected chi connectivity index (χ3v) is 5.49. The first-order chi connectivity index (χ1) is 10.9. The quantitative estimate of drug-likeness (QED) is 0.927. The minimum Gasteiger partial charge on any atom is -0.310 e. The van der Waals surface area contributed by atoms with Crippen LogP contribution in [-0.2, 0) is 26.1 Å².